The Labute approximate surface area is 135 Å². The first-order valence-corrected chi connectivity index (χ1v) is 8.55. The first kappa shape index (κ1) is 15.0. The van der Waals surface area contributed by atoms with Gasteiger partial charge in [0.1, 0.15) is 0 Å². The fourth-order valence-corrected chi connectivity index (χ4v) is 3.65. The minimum absolute atomic E-state index is 0.0432. The first-order valence-electron chi connectivity index (χ1n) is 7.67. The molecule has 116 valence electrons. The van der Waals surface area contributed by atoms with Gasteiger partial charge in [0.15, 0.2) is 5.13 Å². The van der Waals surface area contributed by atoms with Crippen molar-refractivity contribution in [2.45, 2.75) is 32.7 Å². The zero-order chi connectivity index (χ0) is 15.5. The van der Waals surface area contributed by atoms with Gasteiger partial charge < -0.3 is 10.2 Å². The average Bonchev–Trinajstić information content (AvgIpc) is 2.95. The summed E-state index contributed by atoms with van der Waals surface area (Å²) in [6.45, 7) is 5.90. The summed E-state index contributed by atoms with van der Waals surface area (Å²) in [5, 5.41) is 6.35. The maximum absolute atomic E-state index is 12.4. The molecule has 1 amide bonds. The van der Waals surface area contributed by atoms with Crippen molar-refractivity contribution in [3.05, 3.63) is 46.5 Å². The molecule has 1 saturated heterocycles. The predicted octanol–water partition coefficient (Wildman–Crippen LogP) is 3.16. The monoisotopic (exact) mass is 315 g/mol. The van der Waals surface area contributed by atoms with E-state index in [0.29, 0.717) is 0 Å². The van der Waals surface area contributed by atoms with Crippen LogP contribution in [0.25, 0.3) is 0 Å². The van der Waals surface area contributed by atoms with Crippen LogP contribution in [0, 0.1) is 13.8 Å². The molecule has 1 aliphatic rings. The number of hydrogen-bond acceptors (Lipinski definition) is 4. The molecule has 1 aromatic carbocycles. The van der Waals surface area contributed by atoms with Crippen molar-refractivity contribution < 1.29 is 4.79 Å². The maximum Gasteiger partial charge on any atom is 0.251 e. The van der Waals surface area contributed by atoms with E-state index >= 15 is 0 Å². The zero-order valence-corrected chi connectivity index (χ0v) is 13.8. The molecule has 1 N–H and O–H groups in total. The van der Waals surface area contributed by atoms with Gasteiger partial charge in [0.2, 0.25) is 0 Å². The number of rotatable bonds is 3. The van der Waals surface area contributed by atoms with E-state index < -0.39 is 0 Å². The lowest BCUT2D eigenvalue weighted by molar-refractivity contribution is 0.0930. The fourth-order valence-electron chi connectivity index (χ4n) is 2.79. The molecule has 1 aliphatic heterocycles. The third-order valence-electron chi connectivity index (χ3n) is 4.10. The lowest BCUT2D eigenvalue weighted by Gasteiger charge is -2.32. The van der Waals surface area contributed by atoms with Crippen molar-refractivity contribution in [1.82, 2.24) is 10.3 Å². The Morgan fingerprint density at radius 2 is 2.00 bits per heavy atom. The topological polar surface area (TPSA) is 45.2 Å². The van der Waals surface area contributed by atoms with Gasteiger partial charge in [0.25, 0.3) is 5.91 Å². The molecule has 0 atom stereocenters. The third-order valence-corrected chi connectivity index (χ3v) is 5.12. The van der Waals surface area contributed by atoms with E-state index in [1.54, 1.807) is 11.3 Å². The van der Waals surface area contributed by atoms with Gasteiger partial charge in [-0.3, -0.25) is 4.79 Å². The van der Waals surface area contributed by atoms with Crippen molar-refractivity contribution in [2.24, 2.45) is 0 Å². The molecule has 1 fully saturated rings. The molecular formula is C17H21N3OS. The Balaban J connectivity index is 1.56. The Hall–Kier alpha value is -1.88. The van der Waals surface area contributed by atoms with Gasteiger partial charge >= 0.3 is 0 Å². The summed E-state index contributed by atoms with van der Waals surface area (Å²) in [5.74, 6) is 0.0432. The van der Waals surface area contributed by atoms with Crippen molar-refractivity contribution in [2.75, 3.05) is 18.0 Å². The number of nitrogens with zero attached hydrogens (tertiary/aromatic N) is 2. The molecule has 0 saturated carbocycles. The number of piperidine rings is 1. The number of thiazole rings is 1. The van der Waals surface area contributed by atoms with Crippen LogP contribution in [0.1, 0.15) is 34.5 Å². The lowest BCUT2D eigenvalue weighted by atomic mass is 10.0. The minimum Gasteiger partial charge on any atom is -0.349 e. The van der Waals surface area contributed by atoms with Gasteiger partial charge in [-0.05, 0) is 38.3 Å². The Kier molecular flexibility index (Phi) is 4.43. The molecule has 1 aromatic heterocycles. The second-order valence-electron chi connectivity index (χ2n) is 5.82. The normalized spacial score (nSPS) is 15.8. The van der Waals surface area contributed by atoms with E-state index in [4.69, 9.17) is 0 Å². The van der Waals surface area contributed by atoms with Crippen molar-refractivity contribution in [1.29, 1.82) is 0 Å². The minimum atomic E-state index is 0.0432. The van der Waals surface area contributed by atoms with Gasteiger partial charge in [-0.2, -0.15) is 0 Å². The number of aryl methyl sites for hydroxylation is 2. The standard InChI is InChI=1S/C17H21N3OS/c1-12-5-3-4-6-15(12)16(21)19-14-7-9-20(10-8-14)17-18-13(2)11-22-17/h3-6,11,14H,7-10H2,1-2H3,(H,19,21). The second kappa shape index (κ2) is 6.48. The highest BCUT2D eigenvalue weighted by molar-refractivity contribution is 7.13. The summed E-state index contributed by atoms with van der Waals surface area (Å²) in [4.78, 5) is 19.2. The van der Waals surface area contributed by atoms with E-state index in [1.807, 2.05) is 38.1 Å². The van der Waals surface area contributed by atoms with Crippen LogP contribution >= 0.6 is 11.3 Å². The van der Waals surface area contributed by atoms with Crippen LogP contribution in [0.15, 0.2) is 29.6 Å². The predicted molar refractivity (Wildman–Crippen MR) is 90.7 cm³/mol. The number of carbonyl (C=O) groups is 1. The number of hydrogen-bond donors (Lipinski definition) is 1. The number of aromatic nitrogens is 1. The molecule has 0 bridgehead atoms. The average molecular weight is 315 g/mol. The molecule has 0 radical (unpaired) electrons. The van der Waals surface area contributed by atoms with Crippen LogP contribution in [0.3, 0.4) is 0 Å². The Bertz CT molecular complexity index is 659. The summed E-state index contributed by atoms with van der Waals surface area (Å²) in [5.41, 5.74) is 2.88. The van der Waals surface area contributed by atoms with E-state index in [-0.39, 0.29) is 11.9 Å². The Morgan fingerprint density at radius 1 is 1.27 bits per heavy atom. The van der Waals surface area contributed by atoms with Crippen molar-refractivity contribution in [3.8, 4) is 0 Å². The molecule has 0 spiro atoms. The van der Waals surface area contributed by atoms with Gasteiger partial charge in [-0.15, -0.1) is 11.3 Å². The molecule has 2 aromatic rings. The molecule has 0 aliphatic carbocycles. The van der Waals surface area contributed by atoms with Crippen LogP contribution in [0.5, 0.6) is 0 Å². The fraction of sp³-hybridized carbons (Fsp3) is 0.412. The van der Waals surface area contributed by atoms with E-state index in [9.17, 15) is 4.79 Å². The molecular weight excluding hydrogens is 294 g/mol. The van der Waals surface area contributed by atoms with Crippen molar-refractivity contribution >= 4 is 22.4 Å². The molecule has 22 heavy (non-hydrogen) atoms. The maximum atomic E-state index is 12.4. The number of anilines is 1. The number of nitrogens with one attached hydrogen (secondary N) is 1. The second-order valence-corrected chi connectivity index (χ2v) is 6.66. The summed E-state index contributed by atoms with van der Waals surface area (Å²) in [6, 6.07) is 7.99. The smallest absolute Gasteiger partial charge is 0.251 e. The largest absolute Gasteiger partial charge is 0.349 e. The van der Waals surface area contributed by atoms with Gasteiger partial charge in [0, 0.05) is 30.1 Å². The number of benzene rings is 1. The highest BCUT2D eigenvalue weighted by atomic mass is 32.1. The summed E-state index contributed by atoms with van der Waals surface area (Å²) in [6.07, 6.45) is 1.94. The molecule has 3 rings (SSSR count). The molecule has 0 unspecified atom stereocenters. The molecule has 2 heterocycles. The summed E-state index contributed by atoms with van der Waals surface area (Å²) >= 11 is 1.70. The van der Waals surface area contributed by atoms with Gasteiger partial charge in [-0.1, -0.05) is 18.2 Å². The summed E-state index contributed by atoms with van der Waals surface area (Å²) in [7, 11) is 0. The highest BCUT2D eigenvalue weighted by Gasteiger charge is 2.23. The molecule has 5 heteroatoms. The van der Waals surface area contributed by atoms with Crippen LogP contribution < -0.4 is 10.2 Å². The lowest BCUT2D eigenvalue weighted by Crippen LogP contribution is -2.44. The number of carbonyl (C=O) groups excluding carboxylic acids is 1. The highest BCUT2D eigenvalue weighted by Crippen LogP contribution is 2.24. The van der Waals surface area contributed by atoms with Gasteiger partial charge in [-0.25, -0.2) is 4.98 Å². The third kappa shape index (κ3) is 3.30. The SMILES string of the molecule is Cc1csc(N2CCC(NC(=O)c3ccccc3C)CC2)n1. The van der Waals surface area contributed by atoms with Crippen LogP contribution in [-0.4, -0.2) is 30.0 Å². The van der Waals surface area contributed by atoms with E-state index in [1.165, 1.54) is 0 Å². The quantitative estimate of drug-likeness (QED) is 0.946. The molecule has 4 nitrogen and oxygen atoms in total. The van der Waals surface area contributed by atoms with Crippen molar-refractivity contribution in [3.63, 3.8) is 0 Å². The zero-order valence-electron chi connectivity index (χ0n) is 13.0. The first-order chi connectivity index (χ1) is 10.6. The van der Waals surface area contributed by atoms with Gasteiger partial charge in [0.05, 0.1) is 5.69 Å². The summed E-state index contributed by atoms with van der Waals surface area (Å²) < 4.78 is 0. The van der Waals surface area contributed by atoms with E-state index in [0.717, 1.165) is 47.9 Å². The van der Waals surface area contributed by atoms with Crippen LogP contribution in [0.2, 0.25) is 0 Å². The Morgan fingerprint density at radius 3 is 2.64 bits per heavy atom. The van der Waals surface area contributed by atoms with E-state index in [2.05, 4.69) is 20.6 Å². The van der Waals surface area contributed by atoms with Crippen LogP contribution in [0.4, 0.5) is 5.13 Å². The number of amides is 1. The van der Waals surface area contributed by atoms with Crippen LogP contribution in [-0.2, 0) is 0 Å².